The van der Waals surface area contributed by atoms with Crippen molar-refractivity contribution in [2.45, 2.75) is 13.5 Å². The third-order valence-electron chi connectivity index (χ3n) is 5.58. The second-order valence-corrected chi connectivity index (χ2v) is 8.31. The molecule has 0 unspecified atom stereocenters. The predicted octanol–water partition coefficient (Wildman–Crippen LogP) is 4.79. The monoisotopic (exact) mass is 528 g/mol. The van der Waals surface area contributed by atoms with E-state index in [2.05, 4.69) is 40.5 Å². The molecule has 2 N–H and O–H groups in total. The van der Waals surface area contributed by atoms with Crippen LogP contribution in [0.15, 0.2) is 73.4 Å². The van der Waals surface area contributed by atoms with Gasteiger partial charge >= 0.3 is 0 Å². The summed E-state index contributed by atoms with van der Waals surface area (Å²) < 4.78 is 43.3. The zero-order chi connectivity index (χ0) is 27.4. The van der Waals surface area contributed by atoms with Crippen molar-refractivity contribution in [2.24, 2.45) is 0 Å². The van der Waals surface area contributed by atoms with Gasteiger partial charge in [0.2, 0.25) is 5.95 Å². The Bertz CT molecular complexity index is 1630. The number of halogens is 3. The van der Waals surface area contributed by atoms with E-state index in [-0.39, 0.29) is 18.2 Å². The number of anilines is 2. The molecule has 5 aromatic rings. The van der Waals surface area contributed by atoms with Gasteiger partial charge in [0, 0.05) is 42.5 Å². The fourth-order valence-electron chi connectivity index (χ4n) is 3.66. The van der Waals surface area contributed by atoms with E-state index in [4.69, 9.17) is 0 Å². The molecule has 12 heteroatoms. The van der Waals surface area contributed by atoms with Gasteiger partial charge in [-0.05, 0) is 42.8 Å². The smallest absolute Gasteiger partial charge is 0.270 e. The average Bonchev–Trinajstić information content (AvgIpc) is 2.94. The average molecular weight is 528 g/mol. The van der Waals surface area contributed by atoms with Crippen molar-refractivity contribution < 1.29 is 18.0 Å². The maximum atomic E-state index is 14.9. The van der Waals surface area contributed by atoms with Crippen LogP contribution in [0.1, 0.15) is 21.7 Å². The molecule has 0 atom stereocenters. The summed E-state index contributed by atoms with van der Waals surface area (Å²) in [6.07, 6.45) is 7.13. The molecule has 5 rings (SSSR count). The fraction of sp³-hybridized carbons (Fsp3) is 0.0741. The number of rotatable bonds is 7. The molecule has 0 bridgehead atoms. The van der Waals surface area contributed by atoms with Crippen molar-refractivity contribution in [3.63, 3.8) is 0 Å². The van der Waals surface area contributed by atoms with Crippen LogP contribution in [0.25, 0.3) is 22.6 Å². The van der Waals surface area contributed by atoms with Crippen molar-refractivity contribution in [3.8, 4) is 22.6 Å². The lowest BCUT2D eigenvalue weighted by atomic mass is 10.1. The molecule has 0 radical (unpaired) electrons. The second-order valence-electron chi connectivity index (χ2n) is 8.31. The number of nitrogens with zero attached hydrogens (tertiary/aromatic N) is 6. The Balaban J connectivity index is 1.28. The predicted molar refractivity (Wildman–Crippen MR) is 136 cm³/mol. The standard InChI is InChI=1S/C27H19F3N8O/c1-15-19(9-17(28)13-33-15)21-5-4-16(11-34-21)12-35-27(39)22-10-20(29)24(25(30)37-22)26-32-8-6-23(38-26)36-18-3-2-7-31-14-18/h2-11,13-14H,12H2,1H3,(H,35,39)(H,32,36,38). The van der Waals surface area contributed by atoms with Crippen LogP contribution in [0.5, 0.6) is 0 Å². The second kappa shape index (κ2) is 11.0. The molecule has 39 heavy (non-hydrogen) atoms. The molecule has 194 valence electrons. The first-order valence-corrected chi connectivity index (χ1v) is 11.6. The topological polar surface area (TPSA) is 118 Å². The minimum atomic E-state index is -1.23. The number of amides is 1. The van der Waals surface area contributed by atoms with E-state index in [0.29, 0.717) is 28.2 Å². The zero-order valence-corrected chi connectivity index (χ0v) is 20.4. The van der Waals surface area contributed by atoms with Crippen LogP contribution in [0.2, 0.25) is 0 Å². The van der Waals surface area contributed by atoms with Gasteiger partial charge in [-0.15, -0.1) is 0 Å². The maximum Gasteiger partial charge on any atom is 0.270 e. The molecular weight excluding hydrogens is 509 g/mol. The number of hydrogen-bond acceptors (Lipinski definition) is 8. The quantitative estimate of drug-likeness (QED) is 0.290. The highest BCUT2D eigenvalue weighted by molar-refractivity contribution is 5.92. The molecular formula is C27H19F3N8O. The Labute approximate surface area is 220 Å². The van der Waals surface area contributed by atoms with Gasteiger partial charge in [0.15, 0.2) is 5.82 Å². The first-order valence-electron chi connectivity index (χ1n) is 11.6. The third-order valence-corrected chi connectivity index (χ3v) is 5.58. The van der Waals surface area contributed by atoms with Crippen LogP contribution in [-0.2, 0) is 6.54 Å². The van der Waals surface area contributed by atoms with E-state index in [0.717, 1.165) is 12.3 Å². The molecule has 0 aliphatic rings. The molecule has 0 saturated heterocycles. The molecule has 0 spiro atoms. The van der Waals surface area contributed by atoms with Gasteiger partial charge in [-0.2, -0.15) is 4.39 Å². The molecule has 9 nitrogen and oxygen atoms in total. The zero-order valence-electron chi connectivity index (χ0n) is 20.4. The summed E-state index contributed by atoms with van der Waals surface area (Å²) in [4.78, 5) is 36.5. The van der Waals surface area contributed by atoms with Gasteiger partial charge in [-0.1, -0.05) is 6.07 Å². The lowest BCUT2D eigenvalue weighted by Gasteiger charge is -2.10. The Morgan fingerprint density at radius 2 is 1.79 bits per heavy atom. The Morgan fingerprint density at radius 1 is 0.923 bits per heavy atom. The maximum absolute atomic E-state index is 14.9. The van der Waals surface area contributed by atoms with E-state index >= 15 is 0 Å². The normalized spacial score (nSPS) is 10.8. The van der Waals surface area contributed by atoms with Gasteiger partial charge in [0.25, 0.3) is 5.91 Å². The van der Waals surface area contributed by atoms with Crippen molar-refractivity contribution in [3.05, 3.63) is 108 Å². The summed E-state index contributed by atoms with van der Waals surface area (Å²) in [5, 5.41) is 5.52. The van der Waals surface area contributed by atoms with Gasteiger partial charge in [0.1, 0.15) is 28.7 Å². The summed E-state index contributed by atoms with van der Waals surface area (Å²) in [7, 11) is 0. The van der Waals surface area contributed by atoms with E-state index in [1.54, 1.807) is 43.6 Å². The van der Waals surface area contributed by atoms with Crippen molar-refractivity contribution in [1.82, 2.24) is 35.2 Å². The highest BCUT2D eigenvalue weighted by Gasteiger charge is 2.21. The van der Waals surface area contributed by atoms with Crippen molar-refractivity contribution >= 4 is 17.4 Å². The van der Waals surface area contributed by atoms with E-state index < -0.39 is 34.7 Å². The summed E-state index contributed by atoms with van der Waals surface area (Å²) in [5.41, 5.74) is 1.89. The Kier molecular flexibility index (Phi) is 7.17. The number of carbonyl (C=O) groups is 1. The Hall–Kier alpha value is -5.26. The summed E-state index contributed by atoms with van der Waals surface area (Å²) in [6.45, 7) is 1.76. The van der Waals surface area contributed by atoms with Crippen molar-refractivity contribution in [1.29, 1.82) is 0 Å². The van der Waals surface area contributed by atoms with Gasteiger partial charge in [0.05, 0.1) is 23.8 Å². The third kappa shape index (κ3) is 5.85. The van der Waals surface area contributed by atoms with Crippen LogP contribution in [0.4, 0.5) is 24.7 Å². The number of carbonyl (C=O) groups excluding carboxylic acids is 1. The summed E-state index contributed by atoms with van der Waals surface area (Å²) in [6, 6.07) is 10.5. The van der Waals surface area contributed by atoms with Crippen LogP contribution in [0, 0.1) is 24.5 Å². The summed E-state index contributed by atoms with van der Waals surface area (Å²) in [5.74, 6) is -3.50. The van der Waals surface area contributed by atoms with E-state index in [9.17, 15) is 18.0 Å². The number of aryl methyl sites for hydroxylation is 1. The Morgan fingerprint density at radius 3 is 2.54 bits per heavy atom. The molecule has 0 saturated carbocycles. The molecule has 5 aromatic heterocycles. The molecule has 1 amide bonds. The SMILES string of the molecule is Cc1ncc(F)cc1-c1ccc(CNC(=O)c2cc(F)c(-c3nccc(Nc4cccnc4)n3)c(F)n2)cn1. The number of hydrogen-bond donors (Lipinski definition) is 2. The lowest BCUT2D eigenvalue weighted by Crippen LogP contribution is -2.24. The van der Waals surface area contributed by atoms with Crippen LogP contribution in [0.3, 0.4) is 0 Å². The van der Waals surface area contributed by atoms with Crippen LogP contribution >= 0.6 is 0 Å². The minimum absolute atomic E-state index is 0.0182. The van der Waals surface area contributed by atoms with Crippen LogP contribution in [-0.4, -0.2) is 35.8 Å². The van der Waals surface area contributed by atoms with E-state index in [1.807, 2.05) is 0 Å². The lowest BCUT2D eigenvalue weighted by molar-refractivity contribution is 0.0944. The number of nitrogens with one attached hydrogen (secondary N) is 2. The summed E-state index contributed by atoms with van der Waals surface area (Å²) >= 11 is 0. The molecule has 0 aliphatic heterocycles. The number of aromatic nitrogens is 6. The highest BCUT2D eigenvalue weighted by Crippen LogP contribution is 2.25. The molecule has 5 heterocycles. The highest BCUT2D eigenvalue weighted by atomic mass is 19.1. The van der Waals surface area contributed by atoms with Crippen molar-refractivity contribution in [2.75, 3.05) is 5.32 Å². The van der Waals surface area contributed by atoms with Crippen LogP contribution < -0.4 is 10.6 Å². The molecule has 0 aliphatic carbocycles. The van der Waals surface area contributed by atoms with Gasteiger partial charge < -0.3 is 10.6 Å². The largest absolute Gasteiger partial charge is 0.347 e. The number of pyridine rings is 4. The molecule has 0 aromatic carbocycles. The first kappa shape index (κ1) is 25.4. The van der Waals surface area contributed by atoms with Gasteiger partial charge in [-0.3, -0.25) is 19.7 Å². The minimum Gasteiger partial charge on any atom is -0.347 e. The molecule has 0 fully saturated rings. The van der Waals surface area contributed by atoms with Gasteiger partial charge in [-0.25, -0.2) is 23.7 Å². The van der Waals surface area contributed by atoms with E-state index in [1.165, 1.54) is 24.5 Å². The fourth-order valence-corrected chi connectivity index (χ4v) is 3.66. The first-order chi connectivity index (χ1) is 18.9.